The van der Waals surface area contributed by atoms with Gasteiger partial charge < -0.3 is 4.74 Å². The third-order valence-electron chi connectivity index (χ3n) is 1.45. The summed E-state index contributed by atoms with van der Waals surface area (Å²) < 4.78 is 4.75. The molecule has 0 atom stereocenters. The topological polar surface area (TPSA) is 26.3 Å². The van der Waals surface area contributed by atoms with E-state index in [1.54, 1.807) is 24.3 Å². The first-order chi connectivity index (χ1) is 6.22. The zero-order valence-electron chi connectivity index (χ0n) is 7.74. The molecular weight excluding hydrogens is 184 g/mol. The fraction of sp³-hybridized carbons (Fsp3) is 0.300. The summed E-state index contributed by atoms with van der Waals surface area (Å²) in [7, 11) is 0. The molecule has 1 rings (SSSR count). The molecule has 2 nitrogen and oxygen atoms in total. The SMILES string of the molecule is CCOC(=O)/C=C/c1csc(C)c1. The summed E-state index contributed by atoms with van der Waals surface area (Å²) in [5, 5.41) is 2.01. The highest BCUT2D eigenvalue weighted by Crippen LogP contribution is 2.14. The summed E-state index contributed by atoms with van der Waals surface area (Å²) in [5.41, 5.74) is 1.05. The van der Waals surface area contributed by atoms with Gasteiger partial charge >= 0.3 is 5.97 Å². The number of aryl methyl sites for hydroxylation is 1. The molecule has 1 aromatic rings. The summed E-state index contributed by atoms with van der Waals surface area (Å²) in [5.74, 6) is -0.286. The number of ether oxygens (including phenoxy) is 1. The summed E-state index contributed by atoms with van der Waals surface area (Å²) in [4.78, 5) is 12.2. The van der Waals surface area contributed by atoms with Crippen LogP contribution in [0.25, 0.3) is 6.08 Å². The van der Waals surface area contributed by atoms with Crippen LogP contribution in [0.3, 0.4) is 0 Å². The Labute approximate surface area is 81.8 Å². The van der Waals surface area contributed by atoms with Crippen LogP contribution in [0.5, 0.6) is 0 Å². The van der Waals surface area contributed by atoms with Crippen LogP contribution < -0.4 is 0 Å². The minimum absolute atomic E-state index is 0.286. The Bertz CT molecular complexity index is 312. The third-order valence-corrected chi connectivity index (χ3v) is 2.33. The largest absolute Gasteiger partial charge is 0.463 e. The van der Waals surface area contributed by atoms with Crippen molar-refractivity contribution in [3.05, 3.63) is 28.0 Å². The second-order valence-corrected chi connectivity index (χ2v) is 3.69. The summed E-state index contributed by atoms with van der Waals surface area (Å²) >= 11 is 1.67. The van der Waals surface area contributed by atoms with Crippen molar-refractivity contribution in [3.8, 4) is 0 Å². The molecule has 0 spiro atoms. The minimum atomic E-state index is -0.286. The molecule has 70 valence electrons. The van der Waals surface area contributed by atoms with Gasteiger partial charge in [0.25, 0.3) is 0 Å². The smallest absolute Gasteiger partial charge is 0.330 e. The number of carbonyl (C=O) groups is 1. The lowest BCUT2D eigenvalue weighted by molar-refractivity contribution is -0.137. The molecule has 0 radical (unpaired) electrons. The van der Waals surface area contributed by atoms with Gasteiger partial charge in [-0.2, -0.15) is 0 Å². The monoisotopic (exact) mass is 196 g/mol. The molecule has 0 unspecified atom stereocenters. The highest BCUT2D eigenvalue weighted by atomic mass is 32.1. The van der Waals surface area contributed by atoms with Crippen LogP contribution in [0.2, 0.25) is 0 Å². The van der Waals surface area contributed by atoms with E-state index in [0.717, 1.165) is 5.56 Å². The molecule has 0 aliphatic heterocycles. The maximum absolute atomic E-state index is 10.9. The lowest BCUT2D eigenvalue weighted by Gasteiger charge is -1.93. The van der Waals surface area contributed by atoms with E-state index < -0.39 is 0 Å². The van der Waals surface area contributed by atoms with Crippen molar-refractivity contribution in [1.82, 2.24) is 0 Å². The van der Waals surface area contributed by atoms with Crippen LogP contribution in [0.4, 0.5) is 0 Å². The van der Waals surface area contributed by atoms with Crippen LogP contribution in [0.15, 0.2) is 17.5 Å². The van der Waals surface area contributed by atoms with Gasteiger partial charge in [0.1, 0.15) is 0 Å². The Kier molecular flexibility index (Phi) is 3.71. The highest BCUT2D eigenvalue weighted by Gasteiger charge is 1.94. The summed E-state index contributed by atoms with van der Waals surface area (Å²) in [6.45, 7) is 4.25. The minimum Gasteiger partial charge on any atom is -0.463 e. The van der Waals surface area contributed by atoms with Crippen LogP contribution in [0.1, 0.15) is 17.4 Å². The van der Waals surface area contributed by atoms with Crippen LogP contribution >= 0.6 is 11.3 Å². The molecule has 1 aromatic heterocycles. The molecule has 0 amide bonds. The first-order valence-corrected chi connectivity index (χ1v) is 5.00. The van der Waals surface area contributed by atoms with Gasteiger partial charge in [-0.05, 0) is 36.9 Å². The zero-order chi connectivity index (χ0) is 9.68. The Morgan fingerprint density at radius 1 is 1.69 bits per heavy atom. The van der Waals surface area contributed by atoms with Crippen LogP contribution in [0, 0.1) is 6.92 Å². The molecule has 0 N–H and O–H groups in total. The van der Waals surface area contributed by atoms with E-state index in [-0.39, 0.29) is 5.97 Å². The fourth-order valence-electron chi connectivity index (χ4n) is 0.906. The zero-order valence-corrected chi connectivity index (χ0v) is 8.56. The molecule has 0 fully saturated rings. The maximum atomic E-state index is 10.9. The van der Waals surface area contributed by atoms with Crippen molar-refractivity contribution in [2.75, 3.05) is 6.61 Å². The second kappa shape index (κ2) is 4.82. The summed E-state index contributed by atoms with van der Waals surface area (Å²) in [6, 6.07) is 2.03. The molecule has 1 heterocycles. The lowest BCUT2D eigenvalue weighted by atomic mass is 10.3. The molecule has 0 aliphatic rings. The Morgan fingerprint density at radius 3 is 3.00 bits per heavy atom. The van der Waals surface area contributed by atoms with Crippen molar-refractivity contribution in [3.63, 3.8) is 0 Å². The van der Waals surface area contributed by atoms with Gasteiger partial charge in [0.15, 0.2) is 0 Å². The third kappa shape index (κ3) is 3.42. The van der Waals surface area contributed by atoms with E-state index >= 15 is 0 Å². The Balaban J connectivity index is 2.53. The second-order valence-electron chi connectivity index (χ2n) is 2.58. The van der Waals surface area contributed by atoms with Gasteiger partial charge in [0, 0.05) is 11.0 Å². The predicted octanol–water partition coefficient (Wildman–Crippen LogP) is 2.63. The molecule has 0 saturated carbocycles. The van der Waals surface area contributed by atoms with E-state index in [2.05, 4.69) is 0 Å². The van der Waals surface area contributed by atoms with E-state index in [0.29, 0.717) is 6.61 Å². The van der Waals surface area contributed by atoms with Gasteiger partial charge in [-0.3, -0.25) is 0 Å². The van der Waals surface area contributed by atoms with E-state index in [1.807, 2.05) is 18.4 Å². The average molecular weight is 196 g/mol. The standard InChI is InChI=1S/C10H12O2S/c1-3-12-10(11)5-4-9-6-8(2)13-7-9/h4-7H,3H2,1-2H3/b5-4+. The highest BCUT2D eigenvalue weighted by molar-refractivity contribution is 7.10. The first kappa shape index (κ1) is 9.99. The quantitative estimate of drug-likeness (QED) is 0.548. The van der Waals surface area contributed by atoms with Gasteiger partial charge in [-0.25, -0.2) is 4.79 Å². The number of rotatable bonds is 3. The first-order valence-electron chi connectivity index (χ1n) is 4.12. The van der Waals surface area contributed by atoms with Crippen molar-refractivity contribution >= 4 is 23.4 Å². The van der Waals surface area contributed by atoms with Crippen molar-refractivity contribution in [2.24, 2.45) is 0 Å². The van der Waals surface area contributed by atoms with Gasteiger partial charge in [-0.15, -0.1) is 11.3 Å². The summed E-state index contributed by atoms with van der Waals surface area (Å²) in [6.07, 6.45) is 3.21. The number of carbonyl (C=O) groups excluding carboxylic acids is 1. The number of hydrogen-bond acceptors (Lipinski definition) is 3. The molecule has 0 saturated heterocycles. The van der Waals surface area contributed by atoms with E-state index in [4.69, 9.17) is 4.74 Å². The molecule has 0 bridgehead atoms. The molecule has 0 aliphatic carbocycles. The van der Waals surface area contributed by atoms with Crippen LogP contribution in [-0.4, -0.2) is 12.6 Å². The fourth-order valence-corrected chi connectivity index (χ4v) is 1.58. The van der Waals surface area contributed by atoms with E-state index in [1.165, 1.54) is 11.0 Å². The number of esters is 1. The van der Waals surface area contributed by atoms with Crippen LogP contribution in [-0.2, 0) is 9.53 Å². The van der Waals surface area contributed by atoms with Crippen molar-refractivity contribution in [1.29, 1.82) is 0 Å². The lowest BCUT2D eigenvalue weighted by Crippen LogP contribution is -1.98. The molecule has 13 heavy (non-hydrogen) atoms. The number of thiophene rings is 1. The average Bonchev–Trinajstić information content (AvgIpc) is 2.49. The normalized spacial score (nSPS) is 10.6. The maximum Gasteiger partial charge on any atom is 0.330 e. The van der Waals surface area contributed by atoms with E-state index in [9.17, 15) is 4.79 Å². The Morgan fingerprint density at radius 2 is 2.46 bits per heavy atom. The van der Waals surface area contributed by atoms with Crippen molar-refractivity contribution in [2.45, 2.75) is 13.8 Å². The van der Waals surface area contributed by atoms with Gasteiger partial charge in [-0.1, -0.05) is 0 Å². The molecule has 3 heteroatoms. The number of hydrogen-bond donors (Lipinski definition) is 0. The Hall–Kier alpha value is -1.09. The molecular formula is C10H12O2S. The van der Waals surface area contributed by atoms with Gasteiger partial charge in [0.05, 0.1) is 6.61 Å². The molecule has 0 aromatic carbocycles. The predicted molar refractivity (Wildman–Crippen MR) is 54.7 cm³/mol. The van der Waals surface area contributed by atoms with Crippen molar-refractivity contribution < 1.29 is 9.53 Å². The van der Waals surface area contributed by atoms with Gasteiger partial charge in [0.2, 0.25) is 0 Å².